The number of thiophene rings is 1. The van der Waals surface area contributed by atoms with E-state index in [1.807, 2.05) is 19.2 Å². The topological polar surface area (TPSA) is 67.4 Å². The van der Waals surface area contributed by atoms with Gasteiger partial charge < -0.3 is 10.1 Å². The van der Waals surface area contributed by atoms with Crippen molar-refractivity contribution in [2.75, 3.05) is 13.2 Å². The van der Waals surface area contributed by atoms with E-state index in [0.717, 1.165) is 11.3 Å². The van der Waals surface area contributed by atoms with E-state index in [4.69, 9.17) is 4.74 Å². The molecule has 2 N–H and O–H groups in total. The molecule has 0 saturated carbocycles. The van der Waals surface area contributed by atoms with Gasteiger partial charge in [0.15, 0.2) is 0 Å². The maximum absolute atomic E-state index is 12.3. The summed E-state index contributed by atoms with van der Waals surface area (Å²) in [7, 11) is -3.44. The number of hydrogen-bond acceptors (Lipinski definition) is 5. The van der Waals surface area contributed by atoms with Crippen LogP contribution in [0.3, 0.4) is 0 Å². The molecule has 1 unspecified atom stereocenters. The summed E-state index contributed by atoms with van der Waals surface area (Å²) < 4.78 is 32.6. The number of rotatable bonds is 6. The molecular formula is C12H20N2O3S2. The van der Waals surface area contributed by atoms with Crippen molar-refractivity contribution in [2.24, 2.45) is 0 Å². The van der Waals surface area contributed by atoms with E-state index in [0.29, 0.717) is 30.7 Å². The summed E-state index contributed by atoms with van der Waals surface area (Å²) in [4.78, 5) is 1.23. The molecule has 0 amide bonds. The van der Waals surface area contributed by atoms with Crippen molar-refractivity contribution in [3.05, 3.63) is 16.3 Å². The average molecular weight is 304 g/mol. The van der Waals surface area contributed by atoms with E-state index < -0.39 is 10.0 Å². The highest BCUT2D eigenvalue weighted by atomic mass is 32.2. The van der Waals surface area contributed by atoms with Crippen LogP contribution in [0.1, 0.15) is 25.1 Å². The first kappa shape index (κ1) is 14.9. The second-order valence-corrected chi connectivity index (χ2v) is 7.61. The minimum atomic E-state index is -3.44. The lowest BCUT2D eigenvalue weighted by Crippen LogP contribution is -2.35. The van der Waals surface area contributed by atoms with Crippen molar-refractivity contribution in [3.63, 3.8) is 0 Å². The second-order valence-electron chi connectivity index (χ2n) is 4.93. The van der Waals surface area contributed by atoms with Gasteiger partial charge in [-0.25, -0.2) is 13.1 Å². The Kier molecular flexibility index (Phi) is 4.97. The van der Waals surface area contributed by atoms with Crippen LogP contribution in [0.25, 0.3) is 0 Å². The molecule has 0 spiro atoms. The van der Waals surface area contributed by atoms with Crippen LogP contribution in [0, 0.1) is 0 Å². The Morgan fingerprint density at radius 3 is 2.95 bits per heavy atom. The largest absolute Gasteiger partial charge is 0.380 e. The molecule has 1 aliphatic rings. The van der Waals surface area contributed by atoms with Gasteiger partial charge in [0.1, 0.15) is 0 Å². The predicted molar refractivity (Wildman–Crippen MR) is 75.8 cm³/mol. The first-order chi connectivity index (χ1) is 8.99. The van der Waals surface area contributed by atoms with Crippen LogP contribution < -0.4 is 10.0 Å². The number of nitrogens with one attached hydrogen (secondary N) is 2. The summed E-state index contributed by atoms with van der Waals surface area (Å²) in [6, 6.07) is 1.89. The molecule has 2 rings (SSSR count). The molecule has 5 nitrogen and oxygen atoms in total. The van der Waals surface area contributed by atoms with Gasteiger partial charge in [-0.3, -0.25) is 0 Å². The lowest BCUT2D eigenvalue weighted by atomic mass is 10.3. The third-order valence-corrected chi connectivity index (χ3v) is 5.57. The van der Waals surface area contributed by atoms with Gasteiger partial charge in [0.05, 0.1) is 11.5 Å². The van der Waals surface area contributed by atoms with E-state index in [1.54, 1.807) is 6.07 Å². The van der Waals surface area contributed by atoms with Gasteiger partial charge in [0.2, 0.25) is 10.0 Å². The van der Waals surface area contributed by atoms with Crippen LogP contribution in [0.4, 0.5) is 0 Å². The summed E-state index contributed by atoms with van der Waals surface area (Å²) in [5.74, 6) is 0. The molecule has 1 atom stereocenters. The fraction of sp³-hybridized carbons (Fsp3) is 0.667. The second kappa shape index (κ2) is 6.32. The van der Waals surface area contributed by atoms with E-state index in [-0.39, 0.29) is 6.04 Å². The average Bonchev–Trinajstić information content (AvgIpc) is 2.95. The first-order valence-electron chi connectivity index (χ1n) is 6.39. The smallest absolute Gasteiger partial charge is 0.242 e. The molecule has 0 bridgehead atoms. The van der Waals surface area contributed by atoms with Gasteiger partial charge in [-0.05, 0) is 17.9 Å². The minimum absolute atomic E-state index is 0.101. The maximum atomic E-state index is 12.3. The molecule has 1 saturated heterocycles. The molecule has 7 heteroatoms. The highest BCUT2D eigenvalue weighted by Crippen LogP contribution is 2.22. The van der Waals surface area contributed by atoms with Gasteiger partial charge in [-0.15, -0.1) is 11.3 Å². The third-order valence-electron chi connectivity index (χ3n) is 2.92. The highest BCUT2D eigenvalue weighted by molar-refractivity contribution is 7.89. The monoisotopic (exact) mass is 304 g/mol. The molecule has 0 aliphatic carbocycles. The van der Waals surface area contributed by atoms with Crippen LogP contribution in [0.15, 0.2) is 16.3 Å². The van der Waals surface area contributed by atoms with E-state index >= 15 is 0 Å². The van der Waals surface area contributed by atoms with E-state index in [1.165, 1.54) is 11.3 Å². The molecule has 1 aliphatic heterocycles. The fourth-order valence-corrected chi connectivity index (χ4v) is 4.55. The van der Waals surface area contributed by atoms with Crippen molar-refractivity contribution < 1.29 is 13.2 Å². The van der Waals surface area contributed by atoms with Crippen molar-refractivity contribution in [3.8, 4) is 0 Å². The Hall–Kier alpha value is -0.470. The molecule has 1 fully saturated rings. The van der Waals surface area contributed by atoms with Crippen LogP contribution in [-0.4, -0.2) is 33.7 Å². The number of sulfonamides is 1. The number of ether oxygens (including phenoxy) is 1. The van der Waals surface area contributed by atoms with E-state index in [2.05, 4.69) is 10.0 Å². The van der Waals surface area contributed by atoms with Crippen molar-refractivity contribution in [1.82, 2.24) is 10.0 Å². The quantitative estimate of drug-likeness (QED) is 0.831. The lowest BCUT2D eigenvalue weighted by molar-refractivity contribution is 0.192. The standard InChI is InChI=1S/C12H20N2O3S2/c1-9(2)13-7-11-12(4-6-18-11)19(15,16)14-10-3-5-17-8-10/h4,6,9-10,13-14H,3,5,7-8H2,1-2H3. The molecule has 19 heavy (non-hydrogen) atoms. The summed E-state index contributed by atoms with van der Waals surface area (Å²) >= 11 is 1.46. The SMILES string of the molecule is CC(C)NCc1sccc1S(=O)(=O)NC1CCOC1. The van der Waals surface area contributed by atoms with Crippen LogP contribution >= 0.6 is 11.3 Å². The Morgan fingerprint density at radius 1 is 1.53 bits per heavy atom. The van der Waals surface area contributed by atoms with Gasteiger partial charge in [0, 0.05) is 30.1 Å². The first-order valence-corrected chi connectivity index (χ1v) is 8.75. The highest BCUT2D eigenvalue weighted by Gasteiger charge is 2.25. The van der Waals surface area contributed by atoms with Crippen LogP contribution in [0.2, 0.25) is 0 Å². The third kappa shape index (κ3) is 4.00. The molecule has 1 aromatic heterocycles. The Bertz CT molecular complexity index is 505. The van der Waals surface area contributed by atoms with E-state index in [9.17, 15) is 8.42 Å². The zero-order valence-corrected chi connectivity index (χ0v) is 12.8. The maximum Gasteiger partial charge on any atom is 0.242 e. The Balaban J connectivity index is 2.09. The lowest BCUT2D eigenvalue weighted by Gasteiger charge is -2.13. The van der Waals surface area contributed by atoms with Gasteiger partial charge in [0.25, 0.3) is 0 Å². The van der Waals surface area contributed by atoms with Gasteiger partial charge in [-0.2, -0.15) is 0 Å². The summed E-state index contributed by atoms with van der Waals surface area (Å²) in [5.41, 5.74) is 0. The van der Waals surface area contributed by atoms with Crippen LogP contribution in [-0.2, 0) is 21.3 Å². The molecular weight excluding hydrogens is 284 g/mol. The fourth-order valence-electron chi connectivity index (χ4n) is 1.90. The Morgan fingerprint density at radius 2 is 2.32 bits per heavy atom. The summed E-state index contributed by atoms with van der Waals surface area (Å²) in [6.07, 6.45) is 0.739. The van der Waals surface area contributed by atoms with Gasteiger partial charge in [-0.1, -0.05) is 13.8 Å². The normalized spacial score (nSPS) is 20.3. The number of hydrogen-bond donors (Lipinski definition) is 2. The molecule has 0 aromatic carbocycles. The van der Waals surface area contributed by atoms with Crippen molar-refractivity contribution >= 4 is 21.4 Å². The minimum Gasteiger partial charge on any atom is -0.380 e. The molecule has 1 aromatic rings. The molecule has 2 heterocycles. The van der Waals surface area contributed by atoms with Crippen molar-refractivity contribution in [2.45, 2.75) is 43.8 Å². The van der Waals surface area contributed by atoms with Crippen LogP contribution in [0.5, 0.6) is 0 Å². The summed E-state index contributed by atoms with van der Waals surface area (Å²) in [5, 5.41) is 5.06. The van der Waals surface area contributed by atoms with Gasteiger partial charge >= 0.3 is 0 Å². The molecule has 0 radical (unpaired) electrons. The Labute approximate surface area is 118 Å². The zero-order valence-electron chi connectivity index (χ0n) is 11.2. The predicted octanol–water partition coefficient (Wildman–Crippen LogP) is 1.31. The zero-order chi connectivity index (χ0) is 13.9. The molecule has 108 valence electrons. The summed E-state index contributed by atoms with van der Waals surface area (Å²) in [6.45, 7) is 5.74. The van der Waals surface area contributed by atoms with Crippen molar-refractivity contribution in [1.29, 1.82) is 0 Å².